The van der Waals surface area contributed by atoms with Crippen LogP contribution in [0.25, 0.3) is 21.5 Å². The van der Waals surface area contributed by atoms with Gasteiger partial charge in [0.25, 0.3) is 0 Å². The van der Waals surface area contributed by atoms with Gasteiger partial charge in [0.2, 0.25) is 0 Å². The van der Waals surface area contributed by atoms with Crippen LogP contribution in [0.2, 0.25) is 0 Å². The molecule has 2 unspecified atom stereocenters. The van der Waals surface area contributed by atoms with Gasteiger partial charge in [-0.2, -0.15) is 0 Å². The van der Waals surface area contributed by atoms with E-state index < -0.39 is 30.2 Å². The highest BCUT2D eigenvalue weighted by Crippen LogP contribution is 2.61. The highest BCUT2D eigenvalue weighted by molar-refractivity contribution is 7.97. The first-order valence-corrected chi connectivity index (χ1v) is 12.8. The van der Waals surface area contributed by atoms with E-state index in [1.807, 2.05) is 56.3 Å². The number of aryl methyl sites for hydroxylation is 2. The standard InChI is InChI=1S/C24H18O4S2/c1-13-4-6-16-11-20-21(12-17(16)9-13)29(25,26)23-18-8-7-15-5-3-14(2)10-19(15)22(18)30(27,28)24(20)23/h3-12,23-24H,1-2H3. The van der Waals surface area contributed by atoms with Gasteiger partial charge in [-0.3, -0.25) is 0 Å². The van der Waals surface area contributed by atoms with Crippen LogP contribution < -0.4 is 0 Å². The largest absolute Gasteiger partial charge is 0.223 e. The third-order valence-corrected chi connectivity index (χ3v) is 11.0. The molecule has 6 heteroatoms. The second kappa shape index (κ2) is 5.50. The van der Waals surface area contributed by atoms with Crippen LogP contribution in [-0.2, 0) is 19.7 Å². The summed E-state index contributed by atoms with van der Waals surface area (Å²) in [5.41, 5.74) is 2.76. The summed E-state index contributed by atoms with van der Waals surface area (Å²) in [5.74, 6) is 0. The molecule has 0 saturated heterocycles. The number of hydrogen-bond donors (Lipinski definition) is 0. The number of fused-ring (bicyclic) bond motifs is 8. The molecule has 4 aromatic carbocycles. The maximum absolute atomic E-state index is 13.8. The Balaban J connectivity index is 1.73. The number of rotatable bonds is 0. The molecule has 2 heterocycles. The first-order chi connectivity index (χ1) is 14.2. The fraction of sp³-hybridized carbons (Fsp3) is 0.167. The third kappa shape index (κ3) is 2.10. The number of sulfone groups is 2. The van der Waals surface area contributed by atoms with Crippen molar-refractivity contribution in [3.05, 3.63) is 82.9 Å². The minimum Gasteiger partial charge on any atom is -0.223 e. The summed E-state index contributed by atoms with van der Waals surface area (Å²) in [6.45, 7) is 3.85. The number of benzene rings is 4. The third-order valence-electron chi connectivity index (χ3n) is 6.43. The second-order valence-corrected chi connectivity index (χ2v) is 12.4. The van der Waals surface area contributed by atoms with Crippen molar-refractivity contribution in [3.8, 4) is 0 Å². The van der Waals surface area contributed by atoms with E-state index in [1.165, 1.54) is 0 Å². The summed E-state index contributed by atoms with van der Waals surface area (Å²) in [7, 11) is -7.70. The van der Waals surface area contributed by atoms with Gasteiger partial charge in [0, 0.05) is 5.39 Å². The lowest BCUT2D eigenvalue weighted by Crippen LogP contribution is -2.10. The molecule has 0 bridgehead atoms. The van der Waals surface area contributed by atoms with Gasteiger partial charge in [-0.25, -0.2) is 16.8 Å². The smallest absolute Gasteiger partial charge is 0.187 e. The van der Waals surface area contributed by atoms with Gasteiger partial charge in [0.05, 0.1) is 9.79 Å². The molecule has 4 nitrogen and oxygen atoms in total. The lowest BCUT2D eigenvalue weighted by molar-refractivity contribution is 0.578. The van der Waals surface area contributed by atoms with Crippen LogP contribution >= 0.6 is 0 Å². The van der Waals surface area contributed by atoms with E-state index in [-0.39, 0.29) is 9.79 Å². The minimum absolute atomic E-state index is 0.147. The van der Waals surface area contributed by atoms with Crippen molar-refractivity contribution in [1.29, 1.82) is 0 Å². The molecule has 2 aliphatic heterocycles. The van der Waals surface area contributed by atoms with Crippen LogP contribution in [0.5, 0.6) is 0 Å². The van der Waals surface area contributed by atoms with Gasteiger partial charge in [-0.1, -0.05) is 59.7 Å². The molecule has 6 rings (SSSR count). The topological polar surface area (TPSA) is 68.3 Å². The summed E-state index contributed by atoms with van der Waals surface area (Å²) >= 11 is 0. The van der Waals surface area contributed by atoms with E-state index in [4.69, 9.17) is 0 Å². The fourth-order valence-corrected chi connectivity index (χ4v) is 10.5. The molecule has 0 radical (unpaired) electrons. The van der Waals surface area contributed by atoms with E-state index in [0.717, 1.165) is 27.3 Å². The minimum atomic E-state index is -3.87. The average molecular weight is 435 g/mol. The molecule has 2 atom stereocenters. The van der Waals surface area contributed by atoms with Crippen molar-refractivity contribution >= 4 is 41.2 Å². The van der Waals surface area contributed by atoms with Crippen molar-refractivity contribution in [2.75, 3.05) is 0 Å². The van der Waals surface area contributed by atoms with Crippen LogP contribution in [0.1, 0.15) is 32.8 Å². The molecule has 0 N–H and O–H groups in total. The summed E-state index contributed by atoms with van der Waals surface area (Å²) < 4.78 is 54.7. The SMILES string of the molecule is Cc1ccc2cc3c(cc2c1)S(=O)(=O)C1c2ccc4ccc(C)cc4c2S(=O)(=O)C31. The molecule has 4 aromatic rings. The highest BCUT2D eigenvalue weighted by atomic mass is 32.2. The Morgan fingerprint density at radius 3 is 2.00 bits per heavy atom. The van der Waals surface area contributed by atoms with E-state index in [9.17, 15) is 16.8 Å². The molecular formula is C24H18O4S2. The molecular weight excluding hydrogens is 416 g/mol. The molecule has 0 spiro atoms. The van der Waals surface area contributed by atoms with Crippen molar-refractivity contribution in [2.24, 2.45) is 0 Å². The average Bonchev–Trinajstić information content (AvgIpc) is 3.07. The first kappa shape index (κ1) is 18.1. The molecule has 150 valence electrons. The quantitative estimate of drug-likeness (QED) is 0.392. The van der Waals surface area contributed by atoms with Crippen LogP contribution in [0, 0.1) is 13.8 Å². The maximum Gasteiger partial charge on any atom is 0.187 e. The second-order valence-electron chi connectivity index (χ2n) is 8.38. The summed E-state index contributed by atoms with van der Waals surface area (Å²) in [4.78, 5) is 0.325. The van der Waals surface area contributed by atoms with Crippen molar-refractivity contribution in [3.63, 3.8) is 0 Å². The zero-order chi connectivity index (χ0) is 21.0. The van der Waals surface area contributed by atoms with Crippen LogP contribution in [0.3, 0.4) is 0 Å². The predicted octanol–water partition coefficient (Wildman–Crippen LogP) is 4.97. The van der Waals surface area contributed by atoms with Gasteiger partial charge in [0.15, 0.2) is 19.7 Å². The lowest BCUT2D eigenvalue weighted by Gasteiger charge is -2.11. The van der Waals surface area contributed by atoms with E-state index in [0.29, 0.717) is 16.5 Å². The zero-order valence-electron chi connectivity index (χ0n) is 16.4. The van der Waals surface area contributed by atoms with Gasteiger partial charge in [-0.15, -0.1) is 0 Å². The van der Waals surface area contributed by atoms with Gasteiger partial charge in [-0.05, 0) is 53.3 Å². The molecule has 0 fully saturated rings. The molecule has 0 saturated carbocycles. The van der Waals surface area contributed by atoms with Crippen LogP contribution in [0.4, 0.5) is 0 Å². The summed E-state index contributed by atoms with van der Waals surface area (Å²) in [6, 6.07) is 18.3. The Bertz CT molecular complexity index is 1650. The van der Waals surface area contributed by atoms with E-state index in [1.54, 1.807) is 18.2 Å². The molecule has 0 aliphatic carbocycles. The molecule has 2 aliphatic rings. The number of hydrogen-bond acceptors (Lipinski definition) is 4. The monoisotopic (exact) mass is 434 g/mol. The van der Waals surface area contributed by atoms with Crippen molar-refractivity contribution < 1.29 is 16.8 Å². The molecule has 0 amide bonds. The van der Waals surface area contributed by atoms with E-state index in [2.05, 4.69) is 0 Å². The van der Waals surface area contributed by atoms with Gasteiger partial charge in [0.1, 0.15) is 10.5 Å². The maximum atomic E-state index is 13.8. The van der Waals surface area contributed by atoms with Crippen molar-refractivity contribution in [2.45, 2.75) is 34.1 Å². The van der Waals surface area contributed by atoms with Gasteiger partial charge < -0.3 is 0 Å². The Hall–Kier alpha value is -2.70. The Labute approximate surface area is 175 Å². The van der Waals surface area contributed by atoms with Crippen molar-refractivity contribution in [1.82, 2.24) is 0 Å². The lowest BCUT2D eigenvalue weighted by atomic mass is 9.98. The highest BCUT2D eigenvalue weighted by Gasteiger charge is 2.58. The fourth-order valence-electron chi connectivity index (χ4n) is 5.10. The van der Waals surface area contributed by atoms with Crippen LogP contribution in [-0.4, -0.2) is 16.8 Å². The Morgan fingerprint density at radius 1 is 0.600 bits per heavy atom. The molecule has 30 heavy (non-hydrogen) atoms. The van der Waals surface area contributed by atoms with Crippen LogP contribution in [0.15, 0.2) is 70.5 Å². The zero-order valence-corrected chi connectivity index (χ0v) is 18.0. The Kier molecular flexibility index (Phi) is 3.32. The van der Waals surface area contributed by atoms with E-state index >= 15 is 0 Å². The normalized spacial score (nSPS) is 22.7. The molecule has 0 aromatic heterocycles. The predicted molar refractivity (Wildman–Crippen MR) is 117 cm³/mol. The van der Waals surface area contributed by atoms with Gasteiger partial charge >= 0.3 is 0 Å². The first-order valence-electron chi connectivity index (χ1n) is 9.75. The summed E-state index contributed by atoms with van der Waals surface area (Å²) in [6.07, 6.45) is 0. The Morgan fingerprint density at radius 2 is 1.23 bits per heavy atom. The summed E-state index contributed by atoms with van der Waals surface area (Å²) in [5, 5.41) is 0.885.